The van der Waals surface area contributed by atoms with Gasteiger partial charge in [0.25, 0.3) is 0 Å². The number of imidazole rings is 1. The average Bonchev–Trinajstić information content (AvgIpc) is 2.55. The molecule has 0 fully saturated rings. The zero-order chi connectivity index (χ0) is 12.4. The molecule has 5 heteroatoms. The molecule has 0 radical (unpaired) electrons. The van der Waals surface area contributed by atoms with E-state index in [9.17, 15) is 0 Å². The van der Waals surface area contributed by atoms with Crippen molar-refractivity contribution in [2.75, 3.05) is 20.2 Å². The Labute approximate surface area is 105 Å². The van der Waals surface area contributed by atoms with E-state index in [4.69, 9.17) is 16.7 Å². The van der Waals surface area contributed by atoms with Gasteiger partial charge in [-0.1, -0.05) is 11.6 Å². The number of nitrogens with zero attached hydrogens (tertiary/aromatic N) is 3. The van der Waals surface area contributed by atoms with Crippen LogP contribution in [0.25, 0.3) is 11.0 Å². The van der Waals surface area contributed by atoms with Crippen LogP contribution in [0.1, 0.15) is 5.82 Å². The summed E-state index contributed by atoms with van der Waals surface area (Å²) in [6, 6.07) is 5.71. The molecule has 0 unspecified atom stereocenters. The van der Waals surface area contributed by atoms with Gasteiger partial charge in [0.1, 0.15) is 5.82 Å². The van der Waals surface area contributed by atoms with E-state index in [-0.39, 0.29) is 6.61 Å². The molecule has 0 saturated carbocycles. The number of aliphatic hydroxyl groups is 1. The second kappa shape index (κ2) is 5.04. The van der Waals surface area contributed by atoms with Crippen LogP contribution in [0.3, 0.4) is 0 Å². The van der Waals surface area contributed by atoms with Crippen molar-refractivity contribution in [3.63, 3.8) is 0 Å². The molecule has 0 spiro atoms. The minimum Gasteiger partial charge on any atom is -0.395 e. The maximum Gasteiger partial charge on any atom is 0.123 e. The first-order valence-corrected chi connectivity index (χ1v) is 5.90. The van der Waals surface area contributed by atoms with E-state index >= 15 is 0 Å². The summed E-state index contributed by atoms with van der Waals surface area (Å²) in [4.78, 5) is 6.58. The highest BCUT2D eigenvalue weighted by atomic mass is 35.5. The van der Waals surface area contributed by atoms with Crippen LogP contribution in [0.2, 0.25) is 5.02 Å². The van der Waals surface area contributed by atoms with Gasteiger partial charge in [0.05, 0.1) is 24.2 Å². The minimum atomic E-state index is 0.159. The van der Waals surface area contributed by atoms with E-state index in [0.717, 1.165) is 16.9 Å². The Morgan fingerprint density at radius 3 is 2.94 bits per heavy atom. The van der Waals surface area contributed by atoms with Crippen LogP contribution in [0, 0.1) is 0 Å². The van der Waals surface area contributed by atoms with E-state index in [1.807, 2.05) is 37.2 Å². The standard InChI is InChI=1S/C12H16ClN3O/c1-15(5-6-17)8-12-14-10-7-9(13)3-4-11(10)16(12)2/h3-4,7,17H,5-6,8H2,1-2H3. The molecule has 2 aromatic rings. The third-order valence-corrected chi connectivity index (χ3v) is 3.06. The topological polar surface area (TPSA) is 41.3 Å². The number of hydrogen-bond acceptors (Lipinski definition) is 3. The fourth-order valence-electron chi connectivity index (χ4n) is 1.86. The number of aliphatic hydroxyl groups excluding tert-OH is 1. The predicted molar refractivity (Wildman–Crippen MR) is 69.1 cm³/mol. The van der Waals surface area contributed by atoms with Crippen molar-refractivity contribution in [1.82, 2.24) is 14.5 Å². The maximum atomic E-state index is 8.87. The molecule has 4 nitrogen and oxygen atoms in total. The largest absolute Gasteiger partial charge is 0.395 e. The van der Waals surface area contributed by atoms with Crippen LogP contribution < -0.4 is 0 Å². The smallest absolute Gasteiger partial charge is 0.123 e. The van der Waals surface area contributed by atoms with Crippen LogP contribution >= 0.6 is 11.6 Å². The molecule has 92 valence electrons. The van der Waals surface area contributed by atoms with Crippen molar-refractivity contribution in [2.45, 2.75) is 6.54 Å². The van der Waals surface area contributed by atoms with Gasteiger partial charge in [-0.25, -0.2) is 4.98 Å². The summed E-state index contributed by atoms with van der Waals surface area (Å²) in [5.74, 6) is 0.971. The highest BCUT2D eigenvalue weighted by molar-refractivity contribution is 6.31. The number of aromatic nitrogens is 2. The molecule has 17 heavy (non-hydrogen) atoms. The van der Waals surface area contributed by atoms with E-state index in [1.54, 1.807) is 0 Å². The number of aryl methyl sites for hydroxylation is 1. The van der Waals surface area contributed by atoms with Crippen LogP contribution in [-0.2, 0) is 13.6 Å². The van der Waals surface area contributed by atoms with Crippen molar-refractivity contribution < 1.29 is 5.11 Å². The molecule has 0 aliphatic rings. The molecule has 0 bridgehead atoms. The van der Waals surface area contributed by atoms with Gasteiger partial charge in [0, 0.05) is 18.6 Å². The Morgan fingerprint density at radius 1 is 1.47 bits per heavy atom. The van der Waals surface area contributed by atoms with Gasteiger partial charge in [-0.05, 0) is 25.2 Å². The Bertz CT molecular complexity index is 524. The van der Waals surface area contributed by atoms with Crippen molar-refractivity contribution in [3.05, 3.63) is 29.0 Å². The van der Waals surface area contributed by atoms with Gasteiger partial charge in [0.15, 0.2) is 0 Å². The fourth-order valence-corrected chi connectivity index (χ4v) is 2.02. The summed E-state index contributed by atoms with van der Waals surface area (Å²) in [5, 5.41) is 9.57. The van der Waals surface area contributed by atoms with Gasteiger partial charge in [-0.3, -0.25) is 4.90 Å². The molecule has 1 heterocycles. The molecule has 0 atom stereocenters. The summed E-state index contributed by atoms with van der Waals surface area (Å²) in [6.45, 7) is 1.51. The Balaban J connectivity index is 2.32. The zero-order valence-electron chi connectivity index (χ0n) is 10.0. The Morgan fingerprint density at radius 2 is 2.24 bits per heavy atom. The van der Waals surface area contributed by atoms with Crippen LogP contribution in [0.4, 0.5) is 0 Å². The first-order valence-electron chi connectivity index (χ1n) is 5.52. The molecule has 0 aliphatic heterocycles. The lowest BCUT2D eigenvalue weighted by Crippen LogP contribution is -2.23. The van der Waals surface area contributed by atoms with Crippen LogP contribution in [-0.4, -0.2) is 39.8 Å². The molecule has 0 aliphatic carbocycles. The van der Waals surface area contributed by atoms with Gasteiger partial charge in [0.2, 0.25) is 0 Å². The number of halogens is 1. The first-order chi connectivity index (χ1) is 8.11. The zero-order valence-corrected chi connectivity index (χ0v) is 10.8. The molecule has 0 saturated heterocycles. The van der Waals surface area contributed by atoms with E-state index in [0.29, 0.717) is 18.1 Å². The van der Waals surface area contributed by atoms with E-state index < -0.39 is 0 Å². The van der Waals surface area contributed by atoms with E-state index in [2.05, 4.69) is 9.55 Å². The normalized spacial score (nSPS) is 11.6. The lowest BCUT2D eigenvalue weighted by atomic mass is 10.3. The molecule has 0 amide bonds. The number of benzene rings is 1. The lowest BCUT2D eigenvalue weighted by molar-refractivity contribution is 0.214. The third-order valence-electron chi connectivity index (χ3n) is 2.83. The number of likely N-dealkylation sites (N-methyl/N-ethyl adjacent to an activating group) is 1. The minimum absolute atomic E-state index is 0.159. The van der Waals surface area contributed by atoms with Gasteiger partial charge >= 0.3 is 0 Å². The number of hydrogen-bond donors (Lipinski definition) is 1. The monoisotopic (exact) mass is 253 g/mol. The quantitative estimate of drug-likeness (QED) is 0.901. The van der Waals surface area contributed by atoms with Crippen LogP contribution in [0.5, 0.6) is 0 Å². The fraction of sp³-hybridized carbons (Fsp3) is 0.417. The summed E-state index contributed by atoms with van der Waals surface area (Å²) in [7, 11) is 3.95. The second-order valence-corrected chi connectivity index (χ2v) is 4.62. The summed E-state index contributed by atoms with van der Waals surface area (Å²) < 4.78 is 2.06. The molecular weight excluding hydrogens is 238 g/mol. The SMILES string of the molecule is CN(CCO)Cc1nc2cc(Cl)ccc2n1C. The number of fused-ring (bicyclic) bond motifs is 1. The Kier molecular flexibility index (Phi) is 3.66. The summed E-state index contributed by atoms with van der Waals surface area (Å²) >= 11 is 5.94. The van der Waals surface area contributed by atoms with E-state index in [1.165, 1.54) is 0 Å². The maximum absolute atomic E-state index is 8.87. The second-order valence-electron chi connectivity index (χ2n) is 4.18. The van der Waals surface area contributed by atoms with Gasteiger partial charge < -0.3 is 9.67 Å². The summed E-state index contributed by atoms with van der Waals surface area (Å²) in [5.41, 5.74) is 1.98. The molecule has 2 rings (SSSR count). The van der Waals surface area contributed by atoms with Crippen molar-refractivity contribution in [3.8, 4) is 0 Å². The van der Waals surface area contributed by atoms with Crippen molar-refractivity contribution in [1.29, 1.82) is 0 Å². The lowest BCUT2D eigenvalue weighted by Gasteiger charge is -2.14. The molecule has 1 N–H and O–H groups in total. The summed E-state index contributed by atoms with van der Waals surface area (Å²) in [6.07, 6.45) is 0. The first kappa shape index (κ1) is 12.4. The van der Waals surface area contributed by atoms with Gasteiger partial charge in [-0.15, -0.1) is 0 Å². The van der Waals surface area contributed by atoms with Crippen molar-refractivity contribution in [2.24, 2.45) is 7.05 Å². The molecular formula is C12H16ClN3O. The van der Waals surface area contributed by atoms with Gasteiger partial charge in [-0.2, -0.15) is 0 Å². The molecule has 1 aromatic heterocycles. The van der Waals surface area contributed by atoms with Crippen molar-refractivity contribution >= 4 is 22.6 Å². The third kappa shape index (κ3) is 2.60. The number of rotatable bonds is 4. The van der Waals surface area contributed by atoms with Crippen LogP contribution in [0.15, 0.2) is 18.2 Å². The Hall–Kier alpha value is -1.10. The highest BCUT2D eigenvalue weighted by Crippen LogP contribution is 2.20. The molecule has 1 aromatic carbocycles. The highest BCUT2D eigenvalue weighted by Gasteiger charge is 2.09. The predicted octanol–water partition coefficient (Wildman–Crippen LogP) is 1.65. The average molecular weight is 254 g/mol.